The summed E-state index contributed by atoms with van der Waals surface area (Å²) in [5, 5.41) is 1.21. The quantitative estimate of drug-likeness (QED) is 0.384. The third kappa shape index (κ3) is 3.22. The molecule has 1 nitrogen and oxygen atoms in total. The molecule has 25 heavy (non-hydrogen) atoms. The highest BCUT2D eigenvalue weighted by Gasteiger charge is 2.13. The molecular formula is C23H21NS. The molecule has 0 atom stereocenters. The molecule has 0 aliphatic rings. The Balaban J connectivity index is 1.72. The summed E-state index contributed by atoms with van der Waals surface area (Å²) in [5.74, 6) is 0. The molecule has 0 fully saturated rings. The average Bonchev–Trinajstić information content (AvgIpc) is 3.05. The molecular weight excluding hydrogens is 322 g/mol. The van der Waals surface area contributed by atoms with E-state index in [2.05, 4.69) is 93.6 Å². The molecule has 0 amide bonds. The second kappa shape index (κ2) is 6.12. The maximum atomic E-state index is 4.90. The number of hydrogen-bond donors (Lipinski definition) is 0. The number of pyridine rings is 1. The smallest absolute Gasteiger partial charge is 0.124 e. The van der Waals surface area contributed by atoms with Crippen molar-refractivity contribution in [1.82, 2.24) is 4.98 Å². The van der Waals surface area contributed by atoms with Crippen LogP contribution in [0.1, 0.15) is 26.3 Å². The Bertz CT molecular complexity index is 1010. The first-order valence-corrected chi connectivity index (χ1v) is 9.39. The van der Waals surface area contributed by atoms with Gasteiger partial charge in [0.1, 0.15) is 4.83 Å². The molecule has 0 aliphatic heterocycles. The number of rotatable bonds is 2. The van der Waals surface area contributed by atoms with Gasteiger partial charge in [-0.25, -0.2) is 4.98 Å². The molecule has 124 valence electrons. The van der Waals surface area contributed by atoms with Crippen molar-refractivity contribution in [2.45, 2.75) is 26.2 Å². The zero-order valence-electron chi connectivity index (χ0n) is 14.8. The summed E-state index contributed by atoms with van der Waals surface area (Å²) in [6, 6.07) is 25.8. The van der Waals surface area contributed by atoms with Crippen molar-refractivity contribution in [3.63, 3.8) is 0 Å². The van der Waals surface area contributed by atoms with Crippen molar-refractivity contribution >= 4 is 21.6 Å². The molecule has 0 spiro atoms. The van der Waals surface area contributed by atoms with Crippen LogP contribution in [0.3, 0.4) is 0 Å². The molecule has 2 heterocycles. The number of hydrogen-bond acceptors (Lipinski definition) is 2. The van der Waals surface area contributed by atoms with Crippen molar-refractivity contribution in [2.24, 2.45) is 0 Å². The first-order valence-electron chi connectivity index (χ1n) is 8.58. The highest BCUT2D eigenvalue weighted by Crippen LogP contribution is 2.34. The lowest BCUT2D eigenvalue weighted by atomic mass is 9.86. The fourth-order valence-corrected chi connectivity index (χ4v) is 4.00. The van der Waals surface area contributed by atoms with Gasteiger partial charge in [0.25, 0.3) is 0 Å². The summed E-state index contributed by atoms with van der Waals surface area (Å²) in [6.45, 7) is 6.72. The van der Waals surface area contributed by atoms with Crippen molar-refractivity contribution < 1.29 is 0 Å². The summed E-state index contributed by atoms with van der Waals surface area (Å²) < 4.78 is 0. The van der Waals surface area contributed by atoms with Gasteiger partial charge in [-0.3, -0.25) is 0 Å². The van der Waals surface area contributed by atoms with Gasteiger partial charge in [0.2, 0.25) is 0 Å². The SMILES string of the molecule is CC(C)(C)c1ccc(-c2ccc3cc(-c4ccccc4)sc3n2)cc1. The molecule has 0 unspecified atom stereocenters. The van der Waals surface area contributed by atoms with E-state index in [-0.39, 0.29) is 5.41 Å². The second-order valence-corrected chi connectivity index (χ2v) is 8.43. The Morgan fingerprint density at radius 3 is 2.16 bits per heavy atom. The topological polar surface area (TPSA) is 12.9 Å². The van der Waals surface area contributed by atoms with Crippen LogP contribution in [0, 0.1) is 0 Å². The van der Waals surface area contributed by atoms with Crippen LogP contribution in [0.15, 0.2) is 72.8 Å². The largest absolute Gasteiger partial charge is 0.237 e. The van der Waals surface area contributed by atoms with Crippen LogP contribution in [-0.2, 0) is 5.41 Å². The fourth-order valence-electron chi connectivity index (χ4n) is 2.96. The fraction of sp³-hybridized carbons (Fsp3) is 0.174. The van der Waals surface area contributed by atoms with Crippen LogP contribution >= 0.6 is 11.3 Å². The van der Waals surface area contributed by atoms with Crippen molar-refractivity contribution in [3.8, 4) is 21.7 Å². The highest BCUT2D eigenvalue weighted by atomic mass is 32.1. The van der Waals surface area contributed by atoms with Crippen molar-refractivity contribution in [1.29, 1.82) is 0 Å². The summed E-state index contributed by atoms with van der Waals surface area (Å²) >= 11 is 1.76. The number of nitrogens with zero attached hydrogens (tertiary/aromatic N) is 1. The van der Waals surface area contributed by atoms with Crippen molar-refractivity contribution in [3.05, 3.63) is 78.4 Å². The van der Waals surface area contributed by atoms with Crippen LogP contribution in [0.4, 0.5) is 0 Å². The third-order valence-electron chi connectivity index (χ3n) is 4.49. The van der Waals surface area contributed by atoms with Gasteiger partial charge in [0.15, 0.2) is 0 Å². The molecule has 0 N–H and O–H groups in total. The predicted molar refractivity (Wildman–Crippen MR) is 109 cm³/mol. The van der Waals surface area contributed by atoms with E-state index in [1.54, 1.807) is 11.3 Å². The summed E-state index contributed by atoms with van der Waals surface area (Å²) in [6.07, 6.45) is 0. The van der Waals surface area contributed by atoms with E-state index >= 15 is 0 Å². The Labute approximate surface area is 153 Å². The van der Waals surface area contributed by atoms with E-state index in [9.17, 15) is 0 Å². The van der Waals surface area contributed by atoms with Crippen LogP contribution in [0.5, 0.6) is 0 Å². The van der Waals surface area contributed by atoms with Gasteiger partial charge >= 0.3 is 0 Å². The molecule has 4 aromatic rings. The van der Waals surface area contributed by atoms with Gasteiger partial charge < -0.3 is 0 Å². The summed E-state index contributed by atoms with van der Waals surface area (Å²) in [7, 11) is 0. The molecule has 2 heteroatoms. The lowest BCUT2D eigenvalue weighted by Crippen LogP contribution is -2.10. The van der Waals surface area contributed by atoms with Crippen LogP contribution < -0.4 is 0 Å². The number of benzene rings is 2. The minimum Gasteiger partial charge on any atom is -0.237 e. The molecule has 0 radical (unpaired) electrons. The number of thiophene rings is 1. The molecule has 2 aromatic heterocycles. The van der Waals surface area contributed by atoms with Gasteiger partial charge in [0.05, 0.1) is 5.69 Å². The minimum absolute atomic E-state index is 0.175. The van der Waals surface area contributed by atoms with Crippen LogP contribution in [0.2, 0.25) is 0 Å². The van der Waals surface area contributed by atoms with E-state index in [0.717, 1.165) is 10.5 Å². The number of aromatic nitrogens is 1. The Morgan fingerprint density at radius 2 is 1.48 bits per heavy atom. The van der Waals surface area contributed by atoms with E-state index in [4.69, 9.17) is 4.98 Å². The minimum atomic E-state index is 0.175. The highest BCUT2D eigenvalue weighted by molar-refractivity contribution is 7.21. The molecule has 2 aromatic carbocycles. The van der Waals surface area contributed by atoms with E-state index in [1.807, 2.05) is 0 Å². The number of fused-ring (bicyclic) bond motifs is 1. The van der Waals surface area contributed by atoms with Gasteiger partial charge in [-0.2, -0.15) is 0 Å². The molecule has 0 bridgehead atoms. The van der Waals surface area contributed by atoms with E-state index in [1.165, 1.54) is 27.0 Å². The summed E-state index contributed by atoms with van der Waals surface area (Å²) in [4.78, 5) is 7.26. The maximum absolute atomic E-state index is 4.90. The first kappa shape index (κ1) is 16.0. The van der Waals surface area contributed by atoms with E-state index in [0.29, 0.717) is 0 Å². The van der Waals surface area contributed by atoms with Crippen molar-refractivity contribution in [2.75, 3.05) is 0 Å². The average molecular weight is 343 g/mol. The Kier molecular flexibility index (Phi) is 3.93. The Morgan fingerprint density at radius 1 is 0.760 bits per heavy atom. The normalized spacial score (nSPS) is 11.8. The predicted octanol–water partition coefficient (Wildman–Crippen LogP) is 6.93. The van der Waals surface area contributed by atoms with Crippen LogP contribution in [-0.4, -0.2) is 4.98 Å². The second-order valence-electron chi connectivity index (χ2n) is 7.39. The maximum Gasteiger partial charge on any atom is 0.124 e. The molecule has 4 rings (SSSR count). The molecule has 0 saturated carbocycles. The van der Waals surface area contributed by atoms with Gasteiger partial charge in [-0.15, -0.1) is 11.3 Å². The first-order chi connectivity index (χ1) is 12.0. The lowest BCUT2D eigenvalue weighted by Gasteiger charge is -2.19. The van der Waals surface area contributed by atoms with Gasteiger partial charge in [-0.05, 0) is 34.7 Å². The standard InChI is InChI=1S/C23H21NS/c1-23(2,3)19-12-9-16(10-13-19)20-14-11-18-15-21(25-22(18)24-20)17-7-5-4-6-8-17/h4-15H,1-3H3. The van der Waals surface area contributed by atoms with Crippen LogP contribution in [0.25, 0.3) is 31.9 Å². The van der Waals surface area contributed by atoms with Gasteiger partial charge in [0, 0.05) is 15.8 Å². The Hall–Kier alpha value is -2.45. The third-order valence-corrected chi connectivity index (χ3v) is 5.58. The summed E-state index contributed by atoms with van der Waals surface area (Å²) in [5.41, 5.74) is 4.98. The lowest BCUT2D eigenvalue weighted by molar-refractivity contribution is 0.590. The molecule has 0 aliphatic carbocycles. The van der Waals surface area contributed by atoms with E-state index < -0.39 is 0 Å². The van der Waals surface area contributed by atoms with Gasteiger partial charge in [-0.1, -0.05) is 75.4 Å². The monoisotopic (exact) mass is 343 g/mol. The zero-order valence-corrected chi connectivity index (χ0v) is 15.6. The molecule has 0 saturated heterocycles. The zero-order chi connectivity index (χ0) is 17.4.